The van der Waals surface area contributed by atoms with E-state index in [0.29, 0.717) is 40.6 Å². The van der Waals surface area contributed by atoms with Gasteiger partial charge in [0.15, 0.2) is 23.5 Å². The van der Waals surface area contributed by atoms with Crippen molar-refractivity contribution in [2.75, 3.05) is 25.9 Å². The van der Waals surface area contributed by atoms with Gasteiger partial charge < -0.3 is 25.2 Å². The Labute approximate surface area is 209 Å². The zero-order valence-corrected chi connectivity index (χ0v) is 20.6. The van der Waals surface area contributed by atoms with Crippen LogP contribution in [0.3, 0.4) is 0 Å². The van der Waals surface area contributed by atoms with E-state index in [9.17, 15) is 5.26 Å². The number of aryl methyl sites for hydroxylation is 1. The van der Waals surface area contributed by atoms with Crippen LogP contribution in [-0.4, -0.2) is 48.4 Å². The molecule has 1 aromatic carbocycles. The number of nitriles is 1. The Balaban J connectivity index is 1.34. The molecule has 2 aromatic rings. The summed E-state index contributed by atoms with van der Waals surface area (Å²) < 4.78 is 12.2. The first-order valence-electron chi connectivity index (χ1n) is 12.4. The van der Waals surface area contributed by atoms with E-state index < -0.39 is 6.23 Å². The number of hydrogen-bond acceptors (Lipinski definition) is 8. The Hall–Kier alpha value is -2.86. The molecule has 9 heteroatoms. The van der Waals surface area contributed by atoms with Gasteiger partial charge in [0, 0.05) is 23.4 Å². The summed E-state index contributed by atoms with van der Waals surface area (Å²) in [7, 11) is 2.13. The van der Waals surface area contributed by atoms with Crippen LogP contribution in [0.4, 0.5) is 5.69 Å². The number of nitrogens with one attached hydrogen (secondary N) is 1. The summed E-state index contributed by atoms with van der Waals surface area (Å²) >= 11 is 6.45. The zero-order valence-electron chi connectivity index (χ0n) is 19.8. The highest BCUT2D eigenvalue weighted by molar-refractivity contribution is 6.31. The Morgan fingerprint density at radius 2 is 2.23 bits per heavy atom. The number of rotatable bonds is 4. The number of aliphatic imine (C=N–C) groups is 1. The second-order valence-electron chi connectivity index (χ2n) is 10.1. The van der Waals surface area contributed by atoms with E-state index in [2.05, 4.69) is 28.5 Å². The molecule has 1 aromatic heterocycles. The summed E-state index contributed by atoms with van der Waals surface area (Å²) in [5, 5.41) is 18.0. The first-order chi connectivity index (χ1) is 17.0. The van der Waals surface area contributed by atoms with Crippen molar-refractivity contribution in [1.82, 2.24) is 15.4 Å². The van der Waals surface area contributed by atoms with Gasteiger partial charge in [0.1, 0.15) is 11.2 Å². The number of likely N-dealkylation sites (tertiary alicyclic amines) is 1. The lowest BCUT2D eigenvalue weighted by molar-refractivity contribution is 0.0518. The molecule has 8 nitrogen and oxygen atoms in total. The fraction of sp³-hybridized carbons (Fsp3) is 0.500. The molecule has 2 aliphatic carbocycles. The van der Waals surface area contributed by atoms with E-state index in [1.165, 1.54) is 12.0 Å². The molecular formula is C26H29ClN6O2. The minimum absolute atomic E-state index is 0.383. The summed E-state index contributed by atoms with van der Waals surface area (Å²) in [5.74, 6) is 1.40. The largest absolute Gasteiger partial charge is 0.398 e. The van der Waals surface area contributed by atoms with E-state index in [0.717, 1.165) is 62.0 Å². The minimum Gasteiger partial charge on any atom is -0.398 e. The third kappa shape index (κ3) is 3.65. The SMILES string of the molecule is CN1CCCC1COC1C=C(Cl)NC(c2noc3c2CCC[C@]32CCc3ccc(N)c(C#N)c32)=N1. The number of nitrogens with zero attached hydrogens (tertiary/aromatic N) is 4. The van der Waals surface area contributed by atoms with Crippen molar-refractivity contribution >= 4 is 23.1 Å². The highest BCUT2D eigenvalue weighted by Crippen LogP contribution is 2.53. The van der Waals surface area contributed by atoms with Gasteiger partial charge in [-0.1, -0.05) is 22.8 Å². The molecule has 2 aliphatic heterocycles. The molecule has 35 heavy (non-hydrogen) atoms. The van der Waals surface area contributed by atoms with E-state index >= 15 is 0 Å². The topological polar surface area (TPSA) is 113 Å². The van der Waals surface area contributed by atoms with Crippen LogP contribution >= 0.6 is 11.6 Å². The van der Waals surface area contributed by atoms with Crippen LogP contribution in [0.5, 0.6) is 0 Å². The van der Waals surface area contributed by atoms with E-state index in [1.54, 1.807) is 6.08 Å². The Morgan fingerprint density at radius 3 is 3.03 bits per heavy atom. The average Bonchev–Trinajstić information content (AvgIpc) is 3.56. The molecule has 0 bridgehead atoms. The predicted molar refractivity (Wildman–Crippen MR) is 133 cm³/mol. The minimum atomic E-state index is -0.477. The Kier molecular flexibility index (Phi) is 5.59. The molecule has 0 saturated carbocycles. The van der Waals surface area contributed by atoms with Crippen LogP contribution in [0, 0.1) is 11.3 Å². The third-order valence-corrected chi connectivity index (χ3v) is 8.35. The van der Waals surface area contributed by atoms with Crippen LogP contribution in [0.25, 0.3) is 0 Å². The second kappa shape index (κ2) is 8.66. The van der Waals surface area contributed by atoms with Crippen molar-refractivity contribution in [2.45, 2.75) is 62.6 Å². The van der Waals surface area contributed by atoms with Crippen molar-refractivity contribution < 1.29 is 9.26 Å². The van der Waals surface area contributed by atoms with Crippen molar-refractivity contribution in [3.05, 3.63) is 57.1 Å². The van der Waals surface area contributed by atoms with E-state index in [-0.39, 0.29) is 5.41 Å². The number of benzene rings is 1. The number of amidine groups is 1. The molecular weight excluding hydrogens is 464 g/mol. The molecule has 6 rings (SSSR count). The monoisotopic (exact) mass is 492 g/mol. The number of ether oxygens (including phenoxy) is 1. The van der Waals surface area contributed by atoms with Crippen LogP contribution in [0.2, 0.25) is 0 Å². The predicted octanol–water partition coefficient (Wildman–Crippen LogP) is 3.56. The Morgan fingerprint density at radius 1 is 1.34 bits per heavy atom. The lowest BCUT2D eigenvalue weighted by atomic mass is 9.68. The number of halogens is 1. The van der Waals surface area contributed by atoms with Gasteiger partial charge in [0.25, 0.3) is 0 Å². The molecule has 1 saturated heterocycles. The number of fused-ring (bicyclic) bond motifs is 4. The van der Waals surface area contributed by atoms with Crippen molar-refractivity contribution in [3.8, 4) is 6.07 Å². The van der Waals surface area contributed by atoms with Crippen molar-refractivity contribution in [3.63, 3.8) is 0 Å². The summed E-state index contributed by atoms with van der Waals surface area (Å²) in [6, 6.07) is 6.64. The summed E-state index contributed by atoms with van der Waals surface area (Å²) in [6.07, 6.45) is 8.09. The molecule has 1 spiro atoms. The van der Waals surface area contributed by atoms with Gasteiger partial charge in [-0.3, -0.25) is 0 Å². The second-order valence-corrected chi connectivity index (χ2v) is 10.5. The van der Waals surface area contributed by atoms with Gasteiger partial charge in [-0.15, -0.1) is 0 Å². The fourth-order valence-corrected chi connectivity index (χ4v) is 6.55. The maximum Gasteiger partial charge on any atom is 0.172 e. The summed E-state index contributed by atoms with van der Waals surface area (Å²) in [4.78, 5) is 7.11. The molecule has 3 N–H and O–H groups in total. The van der Waals surface area contributed by atoms with Crippen LogP contribution < -0.4 is 11.1 Å². The van der Waals surface area contributed by atoms with Crippen LogP contribution in [0.15, 0.2) is 32.9 Å². The number of aromatic nitrogens is 1. The molecule has 2 unspecified atom stereocenters. The molecule has 3 atom stereocenters. The fourth-order valence-electron chi connectivity index (χ4n) is 6.35. The Bertz CT molecular complexity index is 1280. The smallest absolute Gasteiger partial charge is 0.172 e. The number of likely N-dealkylation sites (N-methyl/N-ethyl adjacent to an activating group) is 1. The molecule has 3 heterocycles. The number of anilines is 1. The van der Waals surface area contributed by atoms with Crippen LogP contribution in [-0.2, 0) is 23.0 Å². The highest BCUT2D eigenvalue weighted by atomic mass is 35.5. The molecule has 0 radical (unpaired) electrons. The van der Waals surface area contributed by atoms with E-state index in [1.807, 2.05) is 12.1 Å². The number of hydrogen-bond donors (Lipinski definition) is 2. The van der Waals surface area contributed by atoms with E-state index in [4.69, 9.17) is 31.6 Å². The maximum absolute atomic E-state index is 9.91. The lowest BCUT2D eigenvalue weighted by Crippen LogP contribution is -2.35. The zero-order chi connectivity index (χ0) is 24.2. The van der Waals surface area contributed by atoms with Gasteiger partial charge in [-0.05, 0) is 75.7 Å². The standard InChI is InChI=1S/C26H29ClN6O2/c1-33-11-3-4-16(33)14-34-21-12-20(27)30-25(31-21)23-17-5-2-9-26(24(17)35-32-23)10-8-15-6-7-19(29)18(13-28)22(15)26/h6-7,12,16,21H,2-5,8-11,14,29H2,1H3,(H,30,31)/t16?,21?,26-/m1/s1. The van der Waals surface area contributed by atoms with Gasteiger partial charge in [0.2, 0.25) is 0 Å². The average molecular weight is 493 g/mol. The molecule has 0 amide bonds. The molecule has 182 valence electrons. The van der Waals surface area contributed by atoms with Gasteiger partial charge in [0.05, 0.1) is 17.6 Å². The summed E-state index contributed by atoms with van der Waals surface area (Å²) in [6.45, 7) is 1.70. The number of nitrogen functional groups attached to an aromatic ring is 1. The van der Waals surface area contributed by atoms with Crippen molar-refractivity contribution in [1.29, 1.82) is 5.26 Å². The summed E-state index contributed by atoms with van der Waals surface area (Å²) in [5.41, 5.74) is 10.8. The molecule has 4 aliphatic rings. The highest BCUT2D eigenvalue weighted by Gasteiger charge is 2.49. The normalized spacial score (nSPS) is 27.7. The van der Waals surface area contributed by atoms with Gasteiger partial charge >= 0.3 is 0 Å². The lowest BCUT2D eigenvalue weighted by Gasteiger charge is -2.33. The van der Waals surface area contributed by atoms with Gasteiger partial charge in [-0.25, -0.2) is 4.99 Å². The first-order valence-corrected chi connectivity index (χ1v) is 12.7. The maximum atomic E-state index is 9.91. The quantitative estimate of drug-likeness (QED) is 0.495. The third-order valence-electron chi connectivity index (χ3n) is 8.13. The van der Waals surface area contributed by atoms with Gasteiger partial charge in [-0.2, -0.15) is 5.26 Å². The van der Waals surface area contributed by atoms with Crippen molar-refractivity contribution in [2.24, 2.45) is 4.99 Å². The van der Waals surface area contributed by atoms with Crippen LogP contribution in [0.1, 0.15) is 65.8 Å². The molecule has 1 fully saturated rings. The number of nitrogens with two attached hydrogens (primary N) is 1. The first kappa shape index (κ1) is 22.6.